The van der Waals surface area contributed by atoms with Gasteiger partial charge in [0.15, 0.2) is 5.65 Å². The minimum absolute atomic E-state index is 0.187. The van der Waals surface area contributed by atoms with E-state index in [2.05, 4.69) is 21.5 Å². The highest BCUT2D eigenvalue weighted by Crippen LogP contribution is 2.28. The number of nitrogens with zero attached hydrogens (tertiary/aromatic N) is 4. The molecule has 0 radical (unpaired) electrons. The number of para-hydroxylation sites is 2. The molecule has 0 saturated carbocycles. The average molecular weight is 428 g/mol. The number of rotatable bonds is 6. The number of nitrogen functional groups attached to an aromatic ring is 1. The maximum Gasteiger partial charge on any atom is 0.257 e. The Hall–Kier alpha value is -3.94. The number of nitrogens with one attached hydrogen (secondary N) is 1. The SMILES string of the molecule is Nc1c(C(=O)NCCC2=CCCCC2)c2nc3ccccc3nc2n1/N=C\c1ccco1. The molecule has 3 heterocycles. The third-order valence-electron chi connectivity index (χ3n) is 5.66. The summed E-state index contributed by atoms with van der Waals surface area (Å²) in [5.41, 5.74) is 10.3. The quantitative estimate of drug-likeness (QED) is 0.352. The average Bonchev–Trinajstić information content (AvgIpc) is 3.42. The van der Waals surface area contributed by atoms with Crippen molar-refractivity contribution in [2.75, 3.05) is 12.3 Å². The second kappa shape index (κ2) is 8.66. The molecule has 0 saturated heterocycles. The fraction of sp³-hybridized carbons (Fsp3) is 0.250. The molecule has 1 aliphatic carbocycles. The van der Waals surface area contributed by atoms with Crippen molar-refractivity contribution in [2.24, 2.45) is 5.10 Å². The fourth-order valence-corrected chi connectivity index (χ4v) is 4.02. The van der Waals surface area contributed by atoms with Crippen molar-refractivity contribution in [3.63, 3.8) is 0 Å². The van der Waals surface area contributed by atoms with E-state index < -0.39 is 0 Å². The number of nitrogens with two attached hydrogens (primary N) is 1. The van der Waals surface area contributed by atoms with Crippen LogP contribution in [0.4, 0.5) is 5.82 Å². The van der Waals surface area contributed by atoms with Gasteiger partial charge in [0.25, 0.3) is 5.91 Å². The maximum absolute atomic E-state index is 13.1. The highest BCUT2D eigenvalue weighted by molar-refractivity contribution is 6.10. The molecule has 3 N–H and O–H groups in total. The van der Waals surface area contributed by atoms with E-state index in [9.17, 15) is 4.79 Å². The Morgan fingerprint density at radius 2 is 2.03 bits per heavy atom. The number of amides is 1. The molecule has 4 aromatic rings. The summed E-state index contributed by atoms with van der Waals surface area (Å²) in [6.07, 6.45) is 10.9. The Bertz CT molecular complexity index is 1330. The predicted molar refractivity (Wildman–Crippen MR) is 125 cm³/mol. The van der Waals surface area contributed by atoms with Crippen LogP contribution in [0.5, 0.6) is 0 Å². The van der Waals surface area contributed by atoms with Crippen molar-refractivity contribution in [1.82, 2.24) is 20.0 Å². The van der Waals surface area contributed by atoms with Crippen LogP contribution in [0.15, 0.2) is 63.8 Å². The van der Waals surface area contributed by atoms with Crippen LogP contribution < -0.4 is 11.1 Å². The highest BCUT2D eigenvalue weighted by atomic mass is 16.3. The summed E-state index contributed by atoms with van der Waals surface area (Å²) in [5, 5.41) is 7.42. The van der Waals surface area contributed by atoms with E-state index in [1.54, 1.807) is 18.4 Å². The predicted octanol–water partition coefficient (Wildman–Crippen LogP) is 4.26. The molecule has 0 fully saturated rings. The van der Waals surface area contributed by atoms with E-state index in [-0.39, 0.29) is 17.3 Å². The van der Waals surface area contributed by atoms with Gasteiger partial charge in [0.2, 0.25) is 0 Å². The van der Waals surface area contributed by atoms with Crippen molar-refractivity contribution in [2.45, 2.75) is 32.1 Å². The van der Waals surface area contributed by atoms with Crippen LogP contribution in [0.2, 0.25) is 0 Å². The number of anilines is 1. The standard InChI is InChI=1S/C24H24N6O2/c25-22-20(24(31)26-13-12-16-7-2-1-3-8-16)21-23(29-19-11-5-4-10-18(19)28-21)30(22)27-15-17-9-6-14-32-17/h4-7,9-11,14-15H,1-3,8,12-13,25H2,(H,26,31)/b27-15-. The van der Waals surface area contributed by atoms with Crippen LogP contribution >= 0.6 is 0 Å². The number of fused-ring (bicyclic) bond motifs is 2. The van der Waals surface area contributed by atoms with Gasteiger partial charge in [-0.3, -0.25) is 4.79 Å². The molecule has 0 aliphatic heterocycles. The second-order valence-corrected chi connectivity index (χ2v) is 7.83. The summed E-state index contributed by atoms with van der Waals surface area (Å²) in [6, 6.07) is 11.0. The van der Waals surface area contributed by atoms with Crippen LogP contribution in [0.1, 0.15) is 48.2 Å². The molecule has 32 heavy (non-hydrogen) atoms. The summed E-state index contributed by atoms with van der Waals surface area (Å²) in [7, 11) is 0. The van der Waals surface area contributed by atoms with Gasteiger partial charge in [0.1, 0.15) is 22.7 Å². The van der Waals surface area contributed by atoms with E-state index in [0.717, 1.165) is 19.3 Å². The number of aromatic nitrogens is 3. The monoisotopic (exact) mass is 428 g/mol. The van der Waals surface area contributed by atoms with Crippen LogP contribution in [0, 0.1) is 0 Å². The smallest absolute Gasteiger partial charge is 0.257 e. The van der Waals surface area contributed by atoms with Crippen molar-refractivity contribution in [3.05, 3.63) is 65.6 Å². The molecule has 5 rings (SSSR count). The third kappa shape index (κ3) is 3.87. The van der Waals surface area contributed by atoms with Crippen LogP contribution in [-0.2, 0) is 0 Å². The lowest BCUT2D eigenvalue weighted by molar-refractivity contribution is 0.0956. The van der Waals surface area contributed by atoms with Gasteiger partial charge in [0, 0.05) is 6.54 Å². The number of allylic oxidation sites excluding steroid dienone is 1. The molecule has 1 amide bonds. The van der Waals surface area contributed by atoms with E-state index >= 15 is 0 Å². The molecule has 0 spiro atoms. The lowest BCUT2D eigenvalue weighted by atomic mass is 9.97. The molecule has 8 heteroatoms. The Morgan fingerprint density at radius 1 is 1.19 bits per heavy atom. The molecule has 0 atom stereocenters. The second-order valence-electron chi connectivity index (χ2n) is 7.83. The Morgan fingerprint density at radius 3 is 2.78 bits per heavy atom. The minimum atomic E-state index is -0.277. The lowest BCUT2D eigenvalue weighted by Gasteiger charge is -2.12. The first kappa shape index (κ1) is 20.0. The van der Waals surface area contributed by atoms with E-state index in [4.69, 9.17) is 15.1 Å². The molecule has 1 aromatic carbocycles. The first-order valence-electron chi connectivity index (χ1n) is 10.8. The normalized spacial score (nSPS) is 14.3. The van der Waals surface area contributed by atoms with Crippen LogP contribution in [-0.4, -0.2) is 33.3 Å². The highest BCUT2D eigenvalue weighted by Gasteiger charge is 2.24. The molecular weight excluding hydrogens is 404 g/mol. The zero-order valence-electron chi connectivity index (χ0n) is 17.6. The lowest BCUT2D eigenvalue weighted by Crippen LogP contribution is -2.25. The largest absolute Gasteiger partial charge is 0.463 e. The van der Waals surface area contributed by atoms with Crippen molar-refractivity contribution in [1.29, 1.82) is 0 Å². The number of benzene rings is 1. The van der Waals surface area contributed by atoms with E-state index in [1.807, 2.05) is 24.3 Å². The third-order valence-corrected chi connectivity index (χ3v) is 5.66. The van der Waals surface area contributed by atoms with Gasteiger partial charge < -0.3 is 15.5 Å². The Labute approximate surface area is 184 Å². The van der Waals surface area contributed by atoms with Gasteiger partial charge in [0.05, 0.1) is 23.5 Å². The Kier molecular flexibility index (Phi) is 5.41. The Balaban J connectivity index is 1.51. The molecule has 162 valence electrons. The number of hydrogen-bond donors (Lipinski definition) is 2. The van der Waals surface area contributed by atoms with Crippen molar-refractivity contribution < 1.29 is 9.21 Å². The van der Waals surface area contributed by atoms with Gasteiger partial charge in [-0.15, -0.1) is 0 Å². The van der Waals surface area contributed by atoms with Gasteiger partial charge in [-0.1, -0.05) is 23.8 Å². The maximum atomic E-state index is 13.1. The fourth-order valence-electron chi connectivity index (χ4n) is 4.02. The number of furan rings is 1. The van der Waals surface area contributed by atoms with E-state index in [1.165, 1.54) is 29.3 Å². The molecule has 8 nitrogen and oxygen atoms in total. The number of carbonyl (C=O) groups excluding carboxylic acids is 1. The topological polar surface area (TPSA) is 111 Å². The van der Waals surface area contributed by atoms with Crippen LogP contribution in [0.25, 0.3) is 22.2 Å². The van der Waals surface area contributed by atoms with Crippen molar-refractivity contribution in [3.8, 4) is 0 Å². The van der Waals surface area contributed by atoms with Gasteiger partial charge in [-0.2, -0.15) is 9.78 Å². The number of carbonyl (C=O) groups is 1. The van der Waals surface area contributed by atoms with Crippen LogP contribution in [0.3, 0.4) is 0 Å². The first-order valence-corrected chi connectivity index (χ1v) is 10.8. The summed E-state index contributed by atoms with van der Waals surface area (Å²) < 4.78 is 6.76. The minimum Gasteiger partial charge on any atom is -0.463 e. The first-order chi connectivity index (χ1) is 15.7. The van der Waals surface area contributed by atoms with E-state index in [0.29, 0.717) is 34.5 Å². The summed E-state index contributed by atoms with van der Waals surface area (Å²) in [6.45, 7) is 0.549. The van der Waals surface area contributed by atoms with Crippen molar-refractivity contribution >= 4 is 40.1 Å². The molecule has 3 aromatic heterocycles. The zero-order valence-corrected chi connectivity index (χ0v) is 17.6. The summed E-state index contributed by atoms with van der Waals surface area (Å²) >= 11 is 0. The molecule has 0 bridgehead atoms. The summed E-state index contributed by atoms with van der Waals surface area (Å²) in [4.78, 5) is 22.5. The van der Waals surface area contributed by atoms with Gasteiger partial charge >= 0.3 is 0 Å². The molecule has 0 unspecified atom stereocenters. The summed E-state index contributed by atoms with van der Waals surface area (Å²) in [5.74, 6) is 0.472. The van der Waals surface area contributed by atoms with Gasteiger partial charge in [-0.25, -0.2) is 9.97 Å². The number of hydrogen-bond acceptors (Lipinski definition) is 6. The molecular formula is C24H24N6O2. The molecule has 1 aliphatic rings. The zero-order chi connectivity index (χ0) is 21.9. The van der Waals surface area contributed by atoms with Gasteiger partial charge in [-0.05, 0) is 56.4 Å².